The van der Waals surface area contributed by atoms with E-state index in [0.717, 1.165) is 43.3 Å². The Labute approximate surface area is 184 Å². The van der Waals surface area contributed by atoms with Crippen molar-refractivity contribution in [3.05, 3.63) is 43.0 Å². The lowest BCUT2D eigenvalue weighted by Crippen LogP contribution is -2.43. The maximum Gasteiger partial charge on any atom is 0.232 e. The Balaban J connectivity index is 1.37. The van der Waals surface area contributed by atoms with Gasteiger partial charge in [-0.2, -0.15) is 10.1 Å². The van der Waals surface area contributed by atoms with Crippen molar-refractivity contribution in [2.75, 3.05) is 25.9 Å². The highest BCUT2D eigenvalue weighted by Gasteiger charge is 2.26. The highest BCUT2D eigenvalue weighted by Crippen LogP contribution is 2.31. The van der Waals surface area contributed by atoms with Gasteiger partial charge in [-0.25, -0.2) is 9.97 Å². The van der Waals surface area contributed by atoms with E-state index in [1.54, 1.807) is 25.6 Å². The van der Waals surface area contributed by atoms with E-state index < -0.39 is 6.23 Å². The van der Waals surface area contributed by atoms with Gasteiger partial charge >= 0.3 is 0 Å². The summed E-state index contributed by atoms with van der Waals surface area (Å²) in [5.74, 6) is 0.719. The van der Waals surface area contributed by atoms with Crippen LogP contribution >= 0.6 is 0 Å². The Morgan fingerprint density at radius 1 is 1.25 bits per heavy atom. The Morgan fingerprint density at radius 2 is 2.09 bits per heavy atom. The van der Waals surface area contributed by atoms with E-state index in [-0.39, 0.29) is 6.04 Å². The lowest BCUT2D eigenvalue weighted by atomic mass is 10.0. The number of oxazole rings is 1. The van der Waals surface area contributed by atoms with Gasteiger partial charge in [0.2, 0.25) is 5.89 Å². The summed E-state index contributed by atoms with van der Waals surface area (Å²) in [6.45, 7) is 1.55. The number of aromatic nitrogens is 5. The number of hydrogen-bond acceptors (Lipinski definition) is 9. The third-order valence-corrected chi connectivity index (χ3v) is 5.84. The summed E-state index contributed by atoms with van der Waals surface area (Å²) >= 11 is 0. The van der Waals surface area contributed by atoms with Gasteiger partial charge in [0, 0.05) is 49.9 Å². The van der Waals surface area contributed by atoms with Gasteiger partial charge in [0.25, 0.3) is 0 Å². The van der Waals surface area contributed by atoms with Crippen LogP contribution in [0.1, 0.15) is 18.9 Å². The third kappa shape index (κ3) is 3.74. The lowest BCUT2D eigenvalue weighted by molar-refractivity contribution is -0.129. The molecule has 0 saturated carbocycles. The molecule has 1 atom stereocenters. The fraction of sp³-hybridized carbons (Fsp3) is 0.318. The number of anilines is 1. The zero-order chi connectivity index (χ0) is 22.1. The third-order valence-electron chi connectivity index (χ3n) is 5.84. The number of carbonyl (C=O) groups is 1. The number of carbonyl (C=O) groups excluding carboxylic acids is 1. The SMILES string of the molecule is COC(C=O)N1CCC(n2cc(-c3cnc(N)c(-c4nc5ncccc5o4)c3)cn2)CC1. The van der Waals surface area contributed by atoms with Crippen molar-refractivity contribution in [3.8, 4) is 22.6 Å². The standard InChI is InChI=1S/C22H23N7O3/c1-31-19(13-30)28-7-4-16(5-8-28)29-12-15(11-26-29)14-9-17(20(23)25-10-14)22-27-21-18(32-22)3-2-6-24-21/h2-3,6,9-13,16,19H,4-5,7-8H2,1H3,(H2,23,25). The number of hydrogen-bond donors (Lipinski definition) is 1. The number of likely N-dealkylation sites (tertiary alicyclic amines) is 1. The molecule has 1 fully saturated rings. The molecule has 10 heteroatoms. The quantitative estimate of drug-likeness (QED) is 0.457. The molecule has 0 bridgehead atoms. The monoisotopic (exact) mass is 433 g/mol. The average molecular weight is 433 g/mol. The summed E-state index contributed by atoms with van der Waals surface area (Å²) in [7, 11) is 1.55. The van der Waals surface area contributed by atoms with Crippen molar-refractivity contribution in [1.82, 2.24) is 29.6 Å². The first-order chi connectivity index (χ1) is 15.7. The Morgan fingerprint density at radius 3 is 2.84 bits per heavy atom. The predicted octanol–water partition coefficient (Wildman–Crippen LogP) is 2.54. The van der Waals surface area contributed by atoms with Crippen LogP contribution in [0.25, 0.3) is 33.8 Å². The number of ether oxygens (including phenoxy) is 1. The first-order valence-corrected chi connectivity index (χ1v) is 10.4. The molecule has 164 valence electrons. The molecule has 5 rings (SSSR count). The van der Waals surface area contributed by atoms with Gasteiger partial charge in [0.15, 0.2) is 23.7 Å². The number of fused-ring (bicyclic) bond motifs is 1. The molecule has 0 aliphatic carbocycles. The molecule has 2 N–H and O–H groups in total. The van der Waals surface area contributed by atoms with Crippen molar-refractivity contribution in [1.29, 1.82) is 0 Å². The number of rotatable bonds is 6. The van der Waals surface area contributed by atoms with Crippen molar-refractivity contribution in [2.24, 2.45) is 0 Å². The van der Waals surface area contributed by atoms with Crippen LogP contribution in [0.3, 0.4) is 0 Å². The number of aldehydes is 1. The lowest BCUT2D eigenvalue weighted by Gasteiger charge is -2.34. The van der Waals surface area contributed by atoms with Crippen LogP contribution in [0.5, 0.6) is 0 Å². The van der Waals surface area contributed by atoms with Crippen LogP contribution in [0.2, 0.25) is 0 Å². The number of methoxy groups -OCH3 is 1. The molecule has 1 aliphatic heterocycles. The van der Waals surface area contributed by atoms with Gasteiger partial charge in [-0.05, 0) is 31.0 Å². The fourth-order valence-electron chi connectivity index (χ4n) is 4.07. The Hall–Kier alpha value is -3.63. The molecule has 1 unspecified atom stereocenters. The Bertz CT molecular complexity index is 1210. The van der Waals surface area contributed by atoms with E-state index in [0.29, 0.717) is 28.5 Å². The van der Waals surface area contributed by atoms with Crippen LogP contribution in [-0.2, 0) is 9.53 Å². The molecule has 0 amide bonds. The minimum absolute atomic E-state index is 0.258. The normalized spacial score (nSPS) is 16.4. The first kappa shape index (κ1) is 20.3. The fourth-order valence-corrected chi connectivity index (χ4v) is 4.07. The molecule has 32 heavy (non-hydrogen) atoms. The van der Waals surface area contributed by atoms with Crippen molar-refractivity contribution in [3.63, 3.8) is 0 Å². The van der Waals surface area contributed by atoms with Crippen molar-refractivity contribution in [2.45, 2.75) is 25.1 Å². The van der Waals surface area contributed by atoms with Crippen LogP contribution in [0, 0.1) is 0 Å². The van der Waals surface area contributed by atoms with Crippen LogP contribution in [-0.4, -0.2) is 62.3 Å². The molecule has 0 aromatic carbocycles. The molecule has 5 heterocycles. The molecule has 10 nitrogen and oxygen atoms in total. The van der Waals surface area contributed by atoms with Gasteiger partial charge < -0.3 is 14.9 Å². The largest absolute Gasteiger partial charge is 0.434 e. The summed E-state index contributed by atoms with van der Waals surface area (Å²) in [5, 5.41) is 4.58. The number of piperidine rings is 1. The van der Waals surface area contributed by atoms with Gasteiger partial charge in [0.1, 0.15) is 5.82 Å². The van der Waals surface area contributed by atoms with Crippen LogP contribution in [0.15, 0.2) is 47.4 Å². The van der Waals surface area contributed by atoms with E-state index >= 15 is 0 Å². The van der Waals surface area contributed by atoms with E-state index in [2.05, 4.69) is 20.1 Å². The number of nitrogen functional groups attached to an aromatic ring is 1. The number of pyridine rings is 2. The zero-order valence-electron chi connectivity index (χ0n) is 17.6. The van der Waals surface area contributed by atoms with Crippen molar-refractivity contribution < 1.29 is 13.9 Å². The van der Waals surface area contributed by atoms with Crippen LogP contribution in [0.4, 0.5) is 5.82 Å². The van der Waals surface area contributed by atoms with Gasteiger partial charge in [0.05, 0.1) is 17.8 Å². The topological polar surface area (TPSA) is 125 Å². The van der Waals surface area contributed by atoms with E-state index in [1.807, 2.05) is 34.1 Å². The second-order valence-corrected chi connectivity index (χ2v) is 7.74. The number of nitrogens with zero attached hydrogens (tertiary/aromatic N) is 6. The molecular formula is C22H23N7O3. The minimum atomic E-state index is -0.481. The minimum Gasteiger partial charge on any atom is -0.434 e. The van der Waals surface area contributed by atoms with Gasteiger partial charge in [-0.15, -0.1) is 0 Å². The molecular weight excluding hydrogens is 410 g/mol. The van der Waals surface area contributed by atoms with E-state index in [9.17, 15) is 4.79 Å². The highest BCUT2D eigenvalue weighted by atomic mass is 16.5. The molecule has 4 aromatic heterocycles. The maximum absolute atomic E-state index is 11.1. The maximum atomic E-state index is 11.1. The van der Waals surface area contributed by atoms with Crippen LogP contribution < -0.4 is 5.73 Å². The van der Waals surface area contributed by atoms with E-state index in [4.69, 9.17) is 14.9 Å². The number of nitrogens with two attached hydrogens (primary N) is 1. The highest BCUT2D eigenvalue weighted by molar-refractivity contribution is 5.79. The summed E-state index contributed by atoms with van der Waals surface area (Å²) in [6, 6.07) is 5.77. The molecule has 4 aromatic rings. The second kappa shape index (κ2) is 8.48. The predicted molar refractivity (Wildman–Crippen MR) is 117 cm³/mol. The second-order valence-electron chi connectivity index (χ2n) is 7.74. The average Bonchev–Trinajstić information content (AvgIpc) is 3.48. The van der Waals surface area contributed by atoms with Gasteiger partial charge in [-0.3, -0.25) is 14.4 Å². The van der Waals surface area contributed by atoms with E-state index in [1.165, 1.54) is 0 Å². The molecule has 0 spiro atoms. The summed E-state index contributed by atoms with van der Waals surface area (Å²) in [6.07, 6.45) is 9.34. The zero-order valence-corrected chi connectivity index (χ0v) is 17.6. The van der Waals surface area contributed by atoms with Gasteiger partial charge in [-0.1, -0.05) is 0 Å². The Kier molecular flexibility index (Phi) is 5.38. The molecule has 1 aliphatic rings. The first-order valence-electron chi connectivity index (χ1n) is 10.4. The molecule has 0 radical (unpaired) electrons. The van der Waals surface area contributed by atoms with Crippen molar-refractivity contribution >= 4 is 23.3 Å². The summed E-state index contributed by atoms with van der Waals surface area (Å²) in [5.41, 5.74) is 9.64. The summed E-state index contributed by atoms with van der Waals surface area (Å²) in [4.78, 5) is 26.2. The molecule has 1 saturated heterocycles. The summed E-state index contributed by atoms with van der Waals surface area (Å²) < 4.78 is 13.0. The smallest absolute Gasteiger partial charge is 0.232 e.